The van der Waals surface area contributed by atoms with E-state index in [1.807, 2.05) is 12.1 Å². The molecule has 0 bridgehead atoms. The van der Waals surface area contributed by atoms with Crippen LogP contribution in [0.5, 0.6) is 11.6 Å². The Kier molecular flexibility index (Phi) is 4.44. The maximum atomic E-state index is 7.32. The standard InChI is InChI=1S/C27H26N3O/c1-15(2)10-18-12-20-11-16(3)17(4)23-24(20)22(13-18)31-27-26(23)30(6)21-9-7-8-19(14-28-5)25(21)29-27/h7-9,11-13,15H,10,14H2,1-4,6H3/q+1. The van der Waals surface area contributed by atoms with Gasteiger partial charge in [0.2, 0.25) is 12.1 Å². The topological polar surface area (TPSA) is 30.4 Å². The summed E-state index contributed by atoms with van der Waals surface area (Å²) in [5.74, 6) is 2.08. The highest BCUT2D eigenvalue weighted by Gasteiger charge is 2.33. The van der Waals surface area contributed by atoms with E-state index in [2.05, 4.69) is 68.4 Å². The quantitative estimate of drug-likeness (QED) is 0.262. The predicted molar refractivity (Wildman–Crippen MR) is 124 cm³/mol. The number of para-hydroxylation sites is 1. The van der Waals surface area contributed by atoms with Gasteiger partial charge in [-0.15, -0.1) is 0 Å². The van der Waals surface area contributed by atoms with E-state index in [9.17, 15) is 0 Å². The van der Waals surface area contributed by atoms with Crippen LogP contribution >= 0.6 is 0 Å². The maximum absolute atomic E-state index is 7.32. The Morgan fingerprint density at radius 1 is 1.16 bits per heavy atom. The monoisotopic (exact) mass is 408 g/mol. The molecule has 0 radical (unpaired) electrons. The molecule has 5 rings (SSSR count). The Labute approximate surface area is 182 Å². The number of nitrogens with zero attached hydrogens (tertiary/aromatic N) is 3. The van der Waals surface area contributed by atoms with Crippen LogP contribution in [0.25, 0.3) is 37.9 Å². The normalized spacial score (nSPS) is 12.2. The van der Waals surface area contributed by atoms with Crippen LogP contribution < -0.4 is 9.30 Å². The molecule has 4 nitrogen and oxygen atoms in total. The molecule has 0 N–H and O–H groups in total. The van der Waals surface area contributed by atoms with E-state index in [-0.39, 0.29) is 0 Å². The predicted octanol–water partition coefficient (Wildman–Crippen LogP) is 6.22. The first-order valence-electron chi connectivity index (χ1n) is 10.8. The van der Waals surface area contributed by atoms with Crippen molar-refractivity contribution in [3.63, 3.8) is 0 Å². The molecular weight excluding hydrogens is 382 g/mol. The highest BCUT2D eigenvalue weighted by atomic mass is 16.5. The Hall–Kier alpha value is -3.45. The lowest BCUT2D eigenvalue weighted by Gasteiger charge is -2.22. The molecule has 0 amide bonds. The zero-order valence-electron chi connectivity index (χ0n) is 18.7. The van der Waals surface area contributed by atoms with Crippen molar-refractivity contribution in [1.29, 1.82) is 0 Å². The number of fused-ring (bicyclic) bond motifs is 3. The van der Waals surface area contributed by atoms with Gasteiger partial charge >= 0.3 is 0 Å². The molecule has 0 spiro atoms. The second-order valence-electron chi connectivity index (χ2n) is 9.01. The second-order valence-corrected chi connectivity index (χ2v) is 9.01. The third kappa shape index (κ3) is 2.96. The van der Waals surface area contributed by atoms with E-state index in [0.717, 1.165) is 39.8 Å². The van der Waals surface area contributed by atoms with Crippen LogP contribution in [0.15, 0.2) is 36.4 Å². The largest absolute Gasteiger partial charge is 0.433 e. The van der Waals surface area contributed by atoms with Gasteiger partial charge in [0.05, 0.1) is 11.1 Å². The minimum atomic E-state index is 0.311. The van der Waals surface area contributed by atoms with Gasteiger partial charge < -0.3 is 9.58 Å². The highest BCUT2D eigenvalue weighted by Crippen LogP contribution is 2.47. The molecule has 0 aliphatic carbocycles. The second kappa shape index (κ2) is 7.06. The first-order valence-corrected chi connectivity index (χ1v) is 10.8. The summed E-state index contributed by atoms with van der Waals surface area (Å²) in [4.78, 5) is 8.55. The SMILES string of the molecule is [C-]#[N+]Cc1cccc2c1nc1c([n+]2C)-c2c(C)c(C)cc3cc(CC(C)C)cc(c23)O1. The van der Waals surface area contributed by atoms with Gasteiger partial charge in [0.25, 0.3) is 11.6 Å². The van der Waals surface area contributed by atoms with Crippen molar-refractivity contribution in [3.05, 3.63) is 70.1 Å². The summed E-state index contributed by atoms with van der Waals surface area (Å²) in [6.45, 7) is 16.5. The van der Waals surface area contributed by atoms with Gasteiger partial charge in [-0.2, -0.15) is 4.57 Å². The van der Waals surface area contributed by atoms with Gasteiger partial charge in [-0.25, -0.2) is 11.6 Å². The number of ether oxygens (including phenoxy) is 1. The molecule has 154 valence electrons. The molecule has 0 fully saturated rings. The highest BCUT2D eigenvalue weighted by molar-refractivity contribution is 6.05. The Morgan fingerprint density at radius 2 is 1.97 bits per heavy atom. The van der Waals surface area contributed by atoms with E-state index >= 15 is 0 Å². The molecule has 0 atom stereocenters. The molecule has 1 aliphatic heterocycles. The van der Waals surface area contributed by atoms with E-state index in [1.165, 1.54) is 27.6 Å². The molecule has 0 saturated heterocycles. The van der Waals surface area contributed by atoms with Crippen molar-refractivity contribution in [2.45, 2.75) is 40.7 Å². The number of benzene rings is 3. The Balaban J connectivity index is 1.89. The van der Waals surface area contributed by atoms with E-state index < -0.39 is 0 Å². The molecule has 4 heteroatoms. The fourth-order valence-corrected chi connectivity index (χ4v) is 4.83. The van der Waals surface area contributed by atoms with Crippen molar-refractivity contribution in [2.75, 3.05) is 0 Å². The fraction of sp³-hybridized carbons (Fsp3) is 0.296. The van der Waals surface area contributed by atoms with Crippen LogP contribution in [0.4, 0.5) is 0 Å². The van der Waals surface area contributed by atoms with Gasteiger partial charge in [-0.05, 0) is 60.4 Å². The van der Waals surface area contributed by atoms with Gasteiger partial charge in [0.15, 0.2) is 0 Å². The lowest BCUT2D eigenvalue weighted by Crippen LogP contribution is -2.34. The smallest absolute Gasteiger partial charge is 0.294 e. The zero-order valence-corrected chi connectivity index (χ0v) is 18.7. The van der Waals surface area contributed by atoms with Crippen molar-refractivity contribution < 1.29 is 9.30 Å². The third-order valence-corrected chi connectivity index (χ3v) is 6.33. The first-order chi connectivity index (χ1) is 14.9. The number of hydrogen-bond acceptors (Lipinski definition) is 2. The third-order valence-electron chi connectivity index (χ3n) is 6.33. The van der Waals surface area contributed by atoms with Gasteiger partial charge in [0, 0.05) is 11.5 Å². The average Bonchev–Trinajstić information content (AvgIpc) is 2.71. The van der Waals surface area contributed by atoms with Gasteiger partial charge in [-0.1, -0.05) is 32.0 Å². The van der Waals surface area contributed by atoms with Crippen LogP contribution in [-0.2, 0) is 20.0 Å². The molecule has 2 heterocycles. The van der Waals surface area contributed by atoms with Crippen molar-refractivity contribution >= 4 is 21.8 Å². The summed E-state index contributed by atoms with van der Waals surface area (Å²) >= 11 is 0. The summed E-state index contributed by atoms with van der Waals surface area (Å²) in [6.07, 6.45) is 1.01. The average molecular weight is 409 g/mol. The zero-order chi connectivity index (χ0) is 21.9. The maximum Gasteiger partial charge on any atom is 0.294 e. The van der Waals surface area contributed by atoms with Crippen LogP contribution in [0.2, 0.25) is 0 Å². The van der Waals surface area contributed by atoms with Crippen molar-refractivity contribution in [3.8, 4) is 22.9 Å². The number of aromatic nitrogens is 2. The van der Waals surface area contributed by atoms with Crippen LogP contribution in [0.3, 0.4) is 0 Å². The molecular formula is C27H26N3O+. The molecule has 1 aromatic heterocycles. The summed E-state index contributed by atoms with van der Waals surface area (Å²) in [5, 5.41) is 2.39. The summed E-state index contributed by atoms with van der Waals surface area (Å²) in [6, 6.07) is 12.8. The fourth-order valence-electron chi connectivity index (χ4n) is 4.83. The Morgan fingerprint density at radius 3 is 2.71 bits per heavy atom. The molecule has 1 aliphatic rings. The minimum Gasteiger partial charge on any atom is -0.433 e. The molecule has 0 unspecified atom stereocenters. The molecule has 31 heavy (non-hydrogen) atoms. The lowest BCUT2D eigenvalue weighted by atomic mass is 9.89. The molecule has 4 aromatic rings. The molecule has 0 saturated carbocycles. The minimum absolute atomic E-state index is 0.311. The summed E-state index contributed by atoms with van der Waals surface area (Å²) < 4.78 is 8.66. The van der Waals surface area contributed by atoms with E-state index in [4.69, 9.17) is 16.3 Å². The summed E-state index contributed by atoms with van der Waals surface area (Å²) in [5.41, 5.74) is 8.79. The van der Waals surface area contributed by atoms with Gasteiger partial charge in [0.1, 0.15) is 18.3 Å². The lowest BCUT2D eigenvalue weighted by molar-refractivity contribution is -0.634. The van der Waals surface area contributed by atoms with Crippen molar-refractivity contribution in [2.24, 2.45) is 13.0 Å². The number of aryl methyl sites for hydroxylation is 2. The first kappa shape index (κ1) is 19.5. The Bertz CT molecular complexity index is 1430. The van der Waals surface area contributed by atoms with Crippen LogP contribution in [0, 0.1) is 26.3 Å². The van der Waals surface area contributed by atoms with Crippen molar-refractivity contribution in [1.82, 2.24) is 4.98 Å². The van der Waals surface area contributed by atoms with E-state index in [1.54, 1.807) is 0 Å². The van der Waals surface area contributed by atoms with Gasteiger partial charge in [-0.3, -0.25) is 0 Å². The number of hydrogen-bond donors (Lipinski definition) is 0. The summed E-state index contributed by atoms with van der Waals surface area (Å²) in [7, 11) is 2.07. The molecule has 3 aromatic carbocycles. The van der Waals surface area contributed by atoms with E-state index in [0.29, 0.717) is 18.3 Å². The van der Waals surface area contributed by atoms with Crippen LogP contribution in [0.1, 0.15) is 36.1 Å². The van der Waals surface area contributed by atoms with Crippen LogP contribution in [-0.4, -0.2) is 4.98 Å². The number of rotatable bonds is 3.